The quantitative estimate of drug-likeness (QED) is 0.670. The molecule has 3 aromatic rings. The first-order valence-electron chi connectivity index (χ1n) is 7.35. The number of fused-ring (bicyclic) bond motifs is 1. The Bertz CT molecular complexity index is 749. The summed E-state index contributed by atoms with van der Waals surface area (Å²) in [6.07, 6.45) is 3.06. The third-order valence-electron chi connectivity index (χ3n) is 3.79. The number of aromatic nitrogens is 1. The van der Waals surface area contributed by atoms with Crippen molar-refractivity contribution in [1.82, 2.24) is 10.3 Å². The number of halogens is 1. The number of aromatic amines is 1. The van der Waals surface area contributed by atoms with E-state index in [0.29, 0.717) is 0 Å². The van der Waals surface area contributed by atoms with Gasteiger partial charge in [-0.05, 0) is 48.4 Å². The molecule has 2 aromatic carbocycles. The van der Waals surface area contributed by atoms with Gasteiger partial charge in [-0.15, -0.1) is 0 Å². The third kappa shape index (κ3) is 3.43. The van der Waals surface area contributed by atoms with Gasteiger partial charge in [-0.25, -0.2) is 0 Å². The summed E-state index contributed by atoms with van der Waals surface area (Å²) in [5, 5.41) is 5.50. The molecular weight excluding hydrogens is 296 g/mol. The summed E-state index contributed by atoms with van der Waals surface area (Å²) in [6.45, 7) is 1.79. The van der Waals surface area contributed by atoms with Crippen LogP contribution in [0.2, 0.25) is 5.02 Å². The molecule has 0 spiro atoms. The van der Waals surface area contributed by atoms with Crippen molar-refractivity contribution < 1.29 is 4.74 Å². The Kier molecular flexibility index (Phi) is 4.66. The van der Waals surface area contributed by atoms with Crippen LogP contribution in [0.4, 0.5) is 0 Å². The first-order chi connectivity index (χ1) is 10.8. The van der Waals surface area contributed by atoms with Crippen molar-refractivity contribution in [3.8, 4) is 5.75 Å². The lowest BCUT2D eigenvalue weighted by Crippen LogP contribution is -2.16. The number of ether oxygens (including phenoxy) is 1. The van der Waals surface area contributed by atoms with Gasteiger partial charge in [0.25, 0.3) is 0 Å². The molecule has 1 aromatic heterocycles. The number of nitrogens with one attached hydrogen (secondary N) is 2. The second kappa shape index (κ2) is 6.86. The zero-order valence-electron chi connectivity index (χ0n) is 12.5. The standard InChI is InChI=1S/C18H19ClN2O/c1-22-16-6-7-17-14(12-21-18(17)10-16)8-9-20-11-13-2-4-15(19)5-3-13/h2-7,10,12,20-21H,8-9,11H2,1H3. The molecule has 3 rings (SSSR count). The summed E-state index contributed by atoms with van der Waals surface area (Å²) in [5.41, 5.74) is 3.68. The fraction of sp³-hybridized carbons (Fsp3) is 0.222. The fourth-order valence-electron chi connectivity index (χ4n) is 2.56. The van der Waals surface area contributed by atoms with E-state index in [1.807, 2.05) is 36.4 Å². The Hall–Kier alpha value is -1.97. The van der Waals surface area contributed by atoms with Crippen LogP contribution in [0, 0.1) is 0 Å². The van der Waals surface area contributed by atoms with E-state index in [1.165, 1.54) is 16.5 Å². The van der Waals surface area contributed by atoms with Crippen LogP contribution in [-0.2, 0) is 13.0 Å². The molecule has 0 aliphatic rings. The molecule has 0 bridgehead atoms. The molecule has 114 valence electrons. The Morgan fingerprint density at radius 2 is 1.95 bits per heavy atom. The van der Waals surface area contributed by atoms with Crippen molar-refractivity contribution in [3.63, 3.8) is 0 Å². The monoisotopic (exact) mass is 314 g/mol. The normalized spacial score (nSPS) is 11.0. The molecule has 2 N–H and O–H groups in total. The predicted molar refractivity (Wildman–Crippen MR) is 91.7 cm³/mol. The van der Waals surface area contributed by atoms with E-state index in [4.69, 9.17) is 16.3 Å². The van der Waals surface area contributed by atoms with Crippen molar-refractivity contribution >= 4 is 22.5 Å². The van der Waals surface area contributed by atoms with E-state index in [1.54, 1.807) is 7.11 Å². The summed E-state index contributed by atoms with van der Waals surface area (Å²) in [5.74, 6) is 0.877. The molecular formula is C18H19ClN2O. The molecule has 4 heteroatoms. The van der Waals surface area contributed by atoms with Gasteiger partial charge in [0.05, 0.1) is 7.11 Å². The molecule has 0 saturated carbocycles. The van der Waals surface area contributed by atoms with Crippen LogP contribution < -0.4 is 10.1 Å². The van der Waals surface area contributed by atoms with Gasteiger partial charge in [0, 0.05) is 34.7 Å². The van der Waals surface area contributed by atoms with Gasteiger partial charge in [-0.2, -0.15) is 0 Å². The van der Waals surface area contributed by atoms with Gasteiger partial charge in [0.15, 0.2) is 0 Å². The Labute approximate surface area is 135 Å². The van der Waals surface area contributed by atoms with Crippen LogP contribution >= 0.6 is 11.6 Å². The number of H-pyrrole nitrogens is 1. The third-order valence-corrected chi connectivity index (χ3v) is 4.04. The number of benzene rings is 2. The highest BCUT2D eigenvalue weighted by atomic mass is 35.5. The van der Waals surface area contributed by atoms with Crippen molar-refractivity contribution in [3.05, 3.63) is 64.8 Å². The van der Waals surface area contributed by atoms with Gasteiger partial charge in [-0.3, -0.25) is 0 Å². The predicted octanol–water partition coefficient (Wildman–Crippen LogP) is 4.16. The summed E-state index contributed by atoms with van der Waals surface area (Å²) in [7, 11) is 1.69. The second-order valence-corrected chi connectivity index (χ2v) is 5.72. The van der Waals surface area contributed by atoms with Gasteiger partial charge < -0.3 is 15.0 Å². The molecule has 22 heavy (non-hydrogen) atoms. The highest BCUT2D eigenvalue weighted by Gasteiger charge is 2.04. The lowest BCUT2D eigenvalue weighted by Gasteiger charge is -2.05. The number of methoxy groups -OCH3 is 1. The van der Waals surface area contributed by atoms with Crippen LogP contribution in [0.25, 0.3) is 10.9 Å². The Morgan fingerprint density at radius 3 is 2.73 bits per heavy atom. The second-order valence-electron chi connectivity index (χ2n) is 5.28. The minimum atomic E-state index is 0.776. The SMILES string of the molecule is COc1ccc2c(CCNCc3ccc(Cl)cc3)c[nH]c2c1. The van der Waals surface area contributed by atoms with Gasteiger partial charge in [0.1, 0.15) is 5.75 Å². The maximum Gasteiger partial charge on any atom is 0.120 e. The maximum atomic E-state index is 5.88. The largest absolute Gasteiger partial charge is 0.497 e. The maximum absolute atomic E-state index is 5.88. The lowest BCUT2D eigenvalue weighted by atomic mass is 10.1. The average Bonchev–Trinajstić information content (AvgIpc) is 2.95. The Balaban J connectivity index is 1.56. The molecule has 0 atom stereocenters. The highest BCUT2D eigenvalue weighted by molar-refractivity contribution is 6.30. The fourth-order valence-corrected chi connectivity index (χ4v) is 2.68. The van der Waals surface area contributed by atoms with E-state index in [9.17, 15) is 0 Å². The number of hydrogen-bond acceptors (Lipinski definition) is 2. The minimum Gasteiger partial charge on any atom is -0.497 e. The van der Waals surface area contributed by atoms with E-state index >= 15 is 0 Å². The molecule has 3 nitrogen and oxygen atoms in total. The van der Waals surface area contributed by atoms with Crippen molar-refractivity contribution in [1.29, 1.82) is 0 Å². The van der Waals surface area contributed by atoms with Crippen molar-refractivity contribution in [2.45, 2.75) is 13.0 Å². The zero-order chi connectivity index (χ0) is 15.4. The van der Waals surface area contributed by atoms with Gasteiger partial charge in [-0.1, -0.05) is 23.7 Å². The summed E-state index contributed by atoms with van der Waals surface area (Å²) >= 11 is 5.88. The van der Waals surface area contributed by atoms with Crippen LogP contribution in [0.3, 0.4) is 0 Å². The number of hydrogen-bond donors (Lipinski definition) is 2. The van der Waals surface area contributed by atoms with E-state index in [2.05, 4.69) is 22.6 Å². The zero-order valence-corrected chi connectivity index (χ0v) is 13.3. The van der Waals surface area contributed by atoms with E-state index < -0.39 is 0 Å². The first kappa shape index (κ1) is 14.9. The molecule has 0 fully saturated rings. The number of rotatable bonds is 6. The molecule has 0 unspecified atom stereocenters. The van der Waals surface area contributed by atoms with E-state index in [-0.39, 0.29) is 0 Å². The minimum absolute atomic E-state index is 0.776. The first-order valence-corrected chi connectivity index (χ1v) is 7.73. The van der Waals surface area contributed by atoms with Crippen molar-refractivity contribution in [2.75, 3.05) is 13.7 Å². The van der Waals surface area contributed by atoms with Crippen LogP contribution in [-0.4, -0.2) is 18.6 Å². The Morgan fingerprint density at radius 1 is 1.14 bits per heavy atom. The summed E-state index contributed by atoms with van der Waals surface area (Å²) in [6, 6.07) is 14.1. The molecule has 1 heterocycles. The average molecular weight is 315 g/mol. The molecule has 0 radical (unpaired) electrons. The van der Waals surface area contributed by atoms with Crippen LogP contribution in [0.1, 0.15) is 11.1 Å². The summed E-state index contributed by atoms with van der Waals surface area (Å²) in [4.78, 5) is 3.31. The van der Waals surface area contributed by atoms with E-state index in [0.717, 1.165) is 35.8 Å². The summed E-state index contributed by atoms with van der Waals surface area (Å²) < 4.78 is 5.25. The topological polar surface area (TPSA) is 37.0 Å². The smallest absolute Gasteiger partial charge is 0.120 e. The van der Waals surface area contributed by atoms with Crippen LogP contribution in [0.15, 0.2) is 48.7 Å². The molecule has 0 saturated heterocycles. The van der Waals surface area contributed by atoms with Gasteiger partial charge >= 0.3 is 0 Å². The highest BCUT2D eigenvalue weighted by Crippen LogP contribution is 2.23. The van der Waals surface area contributed by atoms with Gasteiger partial charge in [0.2, 0.25) is 0 Å². The molecule has 0 amide bonds. The molecule has 0 aliphatic heterocycles. The van der Waals surface area contributed by atoms with Crippen molar-refractivity contribution in [2.24, 2.45) is 0 Å². The lowest BCUT2D eigenvalue weighted by molar-refractivity contribution is 0.415. The van der Waals surface area contributed by atoms with Crippen LogP contribution in [0.5, 0.6) is 5.75 Å². The molecule has 0 aliphatic carbocycles.